The molecule has 158 valence electrons. The van der Waals surface area contributed by atoms with E-state index in [2.05, 4.69) is 11.0 Å². The smallest absolute Gasteiger partial charge is 0.335 e. The van der Waals surface area contributed by atoms with Crippen LogP contribution in [0.25, 0.3) is 0 Å². The van der Waals surface area contributed by atoms with Crippen molar-refractivity contribution in [3.8, 4) is 6.07 Å². The molecule has 0 amide bonds. The number of rotatable bonds is 8. The van der Waals surface area contributed by atoms with E-state index >= 15 is 0 Å². The minimum Gasteiger partial charge on any atom is -0.478 e. The molecule has 0 spiro atoms. The fraction of sp³-hybridized carbons (Fsp3) is 0.417. The van der Waals surface area contributed by atoms with E-state index in [1.165, 1.54) is 5.56 Å². The van der Waals surface area contributed by atoms with Crippen LogP contribution in [0.5, 0.6) is 0 Å². The van der Waals surface area contributed by atoms with Crippen LogP contribution in [0.4, 0.5) is 5.69 Å². The number of piperidine rings is 1. The first-order valence-corrected chi connectivity index (χ1v) is 10.4. The molecule has 1 saturated heterocycles. The highest BCUT2D eigenvalue weighted by Gasteiger charge is 2.33. The standard InChI is InChI=1S/C24H29N3O3/c1-26(22-10-8-21(9-11-22)23(28)29)18-24(30)12-15-27(16-13-24)14-2-3-19-4-6-20(17-25)7-5-19/h4-11,30H,2-3,12-16,18H2,1H3,(H,28,29). The molecule has 2 aromatic carbocycles. The Kier molecular flexibility index (Phi) is 7.09. The molecule has 1 heterocycles. The summed E-state index contributed by atoms with van der Waals surface area (Å²) in [6.07, 6.45) is 3.49. The molecule has 30 heavy (non-hydrogen) atoms. The predicted molar refractivity (Wildman–Crippen MR) is 117 cm³/mol. The van der Waals surface area contributed by atoms with E-state index in [-0.39, 0.29) is 5.56 Å². The van der Waals surface area contributed by atoms with Gasteiger partial charge in [0.25, 0.3) is 0 Å². The lowest BCUT2D eigenvalue weighted by Crippen LogP contribution is -2.50. The Morgan fingerprint density at radius 1 is 1.13 bits per heavy atom. The lowest BCUT2D eigenvalue weighted by atomic mass is 9.90. The Morgan fingerprint density at radius 2 is 1.77 bits per heavy atom. The molecule has 1 aliphatic heterocycles. The quantitative estimate of drug-likeness (QED) is 0.699. The summed E-state index contributed by atoms with van der Waals surface area (Å²) < 4.78 is 0. The molecule has 6 heteroatoms. The topological polar surface area (TPSA) is 87.8 Å². The van der Waals surface area contributed by atoms with Gasteiger partial charge in [-0.15, -0.1) is 0 Å². The van der Waals surface area contributed by atoms with Crippen LogP contribution >= 0.6 is 0 Å². The Hall–Kier alpha value is -2.88. The third-order valence-corrected chi connectivity index (χ3v) is 5.90. The van der Waals surface area contributed by atoms with Crippen molar-refractivity contribution >= 4 is 11.7 Å². The van der Waals surface area contributed by atoms with Crippen molar-refractivity contribution in [1.29, 1.82) is 5.26 Å². The number of carbonyl (C=O) groups is 1. The average Bonchev–Trinajstić information content (AvgIpc) is 2.75. The Morgan fingerprint density at radius 3 is 2.33 bits per heavy atom. The molecular weight excluding hydrogens is 378 g/mol. The lowest BCUT2D eigenvalue weighted by Gasteiger charge is -2.40. The van der Waals surface area contributed by atoms with Gasteiger partial charge in [0.2, 0.25) is 0 Å². The Labute approximate surface area is 178 Å². The second-order valence-corrected chi connectivity index (χ2v) is 8.19. The molecule has 0 atom stereocenters. The van der Waals surface area contributed by atoms with Crippen LogP contribution in [0.1, 0.15) is 40.7 Å². The molecular formula is C24H29N3O3. The second-order valence-electron chi connectivity index (χ2n) is 8.19. The normalized spacial score (nSPS) is 16.0. The van der Waals surface area contributed by atoms with Crippen LogP contribution in [0.2, 0.25) is 0 Å². The van der Waals surface area contributed by atoms with Crippen LogP contribution in [0, 0.1) is 11.3 Å². The number of hydrogen-bond acceptors (Lipinski definition) is 5. The van der Waals surface area contributed by atoms with Gasteiger partial charge in [0.05, 0.1) is 22.8 Å². The van der Waals surface area contributed by atoms with E-state index in [1.807, 2.05) is 36.2 Å². The number of anilines is 1. The zero-order valence-electron chi connectivity index (χ0n) is 17.4. The summed E-state index contributed by atoms with van der Waals surface area (Å²) in [5.41, 5.74) is 2.37. The van der Waals surface area contributed by atoms with Gasteiger partial charge in [-0.3, -0.25) is 0 Å². The number of carboxylic acids is 1. The fourth-order valence-electron chi connectivity index (χ4n) is 3.99. The van der Waals surface area contributed by atoms with Gasteiger partial charge >= 0.3 is 5.97 Å². The van der Waals surface area contributed by atoms with Gasteiger partial charge in [-0.1, -0.05) is 12.1 Å². The molecule has 6 nitrogen and oxygen atoms in total. The van der Waals surface area contributed by atoms with Gasteiger partial charge in [0, 0.05) is 32.4 Å². The molecule has 2 N–H and O–H groups in total. The van der Waals surface area contributed by atoms with Gasteiger partial charge in [0.1, 0.15) is 0 Å². The van der Waals surface area contributed by atoms with Crippen LogP contribution in [-0.4, -0.2) is 59.9 Å². The molecule has 0 radical (unpaired) electrons. The van der Waals surface area contributed by atoms with Crippen molar-refractivity contribution in [3.05, 3.63) is 65.2 Å². The number of nitriles is 1. The first-order chi connectivity index (χ1) is 14.4. The Bertz CT molecular complexity index is 879. The third kappa shape index (κ3) is 5.82. The van der Waals surface area contributed by atoms with Crippen LogP contribution in [-0.2, 0) is 6.42 Å². The summed E-state index contributed by atoms with van der Waals surface area (Å²) in [6, 6.07) is 16.7. The number of likely N-dealkylation sites (tertiary alicyclic amines) is 1. The molecule has 0 saturated carbocycles. The number of likely N-dealkylation sites (N-methyl/N-ethyl adjacent to an activating group) is 1. The van der Waals surface area contributed by atoms with Crippen LogP contribution < -0.4 is 4.90 Å². The van der Waals surface area contributed by atoms with Gasteiger partial charge in [-0.05, 0) is 74.2 Å². The average molecular weight is 408 g/mol. The Balaban J connectivity index is 1.43. The summed E-state index contributed by atoms with van der Waals surface area (Å²) in [7, 11) is 1.93. The number of benzene rings is 2. The molecule has 0 bridgehead atoms. The van der Waals surface area contributed by atoms with Crippen molar-refractivity contribution in [3.63, 3.8) is 0 Å². The minimum atomic E-state index is -0.936. The zero-order valence-corrected chi connectivity index (χ0v) is 17.4. The van der Waals surface area contributed by atoms with Gasteiger partial charge < -0.3 is 20.0 Å². The number of carboxylic acid groups (broad SMARTS) is 1. The van der Waals surface area contributed by atoms with Gasteiger partial charge in [0.15, 0.2) is 0 Å². The maximum atomic E-state index is 11.0. The van der Waals surface area contributed by atoms with Gasteiger partial charge in [-0.25, -0.2) is 4.79 Å². The van der Waals surface area contributed by atoms with E-state index in [0.29, 0.717) is 12.1 Å². The number of aromatic carboxylic acids is 1. The monoisotopic (exact) mass is 407 g/mol. The van der Waals surface area contributed by atoms with E-state index in [0.717, 1.165) is 51.0 Å². The maximum Gasteiger partial charge on any atom is 0.335 e. The minimum absolute atomic E-state index is 0.264. The van der Waals surface area contributed by atoms with Crippen molar-refractivity contribution in [2.45, 2.75) is 31.3 Å². The van der Waals surface area contributed by atoms with Crippen LogP contribution in [0.15, 0.2) is 48.5 Å². The number of nitrogens with zero attached hydrogens (tertiary/aromatic N) is 3. The predicted octanol–water partition coefficient (Wildman–Crippen LogP) is 3.15. The van der Waals surface area contributed by atoms with Crippen molar-refractivity contribution in [2.24, 2.45) is 0 Å². The molecule has 0 unspecified atom stereocenters. The number of aryl methyl sites for hydroxylation is 1. The van der Waals surface area contributed by atoms with Crippen LogP contribution in [0.3, 0.4) is 0 Å². The molecule has 1 fully saturated rings. The zero-order chi connectivity index (χ0) is 21.6. The summed E-state index contributed by atoms with van der Waals surface area (Å²) in [6.45, 7) is 3.27. The van der Waals surface area contributed by atoms with E-state index < -0.39 is 11.6 Å². The number of hydrogen-bond donors (Lipinski definition) is 2. The molecule has 3 rings (SSSR count). The molecule has 2 aromatic rings. The summed E-state index contributed by atoms with van der Waals surface area (Å²) in [5, 5.41) is 28.9. The molecule has 0 aliphatic carbocycles. The van der Waals surface area contributed by atoms with E-state index in [4.69, 9.17) is 10.4 Å². The summed E-state index contributed by atoms with van der Waals surface area (Å²) >= 11 is 0. The SMILES string of the molecule is CN(CC1(O)CCN(CCCc2ccc(C#N)cc2)CC1)c1ccc(C(=O)O)cc1. The lowest BCUT2D eigenvalue weighted by molar-refractivity contribution is -0.0141. The highest BCUT2D eigenvalue weighted by molar-refractivity contribution is 5.88. The first-order valence-electron chi connectivity index (χ1n) is 10.4. The highest BCUT2D eigenvalue weighted by atomic mass is 16.4. The van der Waals surface area contributed by atoms with Crippen molar-refractivity contribution < 1.29 is 15.0 Å². The third-order valence-electron chi connectivity index (χ3n) is 5.90. The first kappa shape index (κ1) is 21.8. The van der Waals surface area contributed by atoms with Gasteiger partial charge in [-0.2, -0.15) is 5.26 Å². The fourth-order valence-corrected chi connectivity index (χ4v) is 3.99. The molecule has 0 aromatic heterocycles. The summed E-state index contributed by atoms with van der Waals surface area (Å²) in [4.78, 5) is 15.4. The van der Waals surface area contributed by atoms with E-state index in [9.17, 15) is 9.90 Å². The largest absolute Gasteiger partial charge is 0.478 e. The van der Waals surface area contributed by atoms with E-state index in [1.54, 1.807) is 24.3 Å². The number of aliphatic hydroxyl groups is 1. The second kappa shape index (κ2) is 9.75. The summed E-state index contributed by atoms with van der Waals surface area (Å²) in [5.74, 6) is -0.936. The van der Waals surface area contributed by atoms with Crippen molar-refractivity contribution in [1.82, 2.24) is 4.90 Å². The maximum absolute atomic E-state index is 11.0. The molecule has 1 aliphatic rings. The van der Waals surface area contributed by atoms with Crippen molar-refractivity contribution in [2.75, 3.05) is 38.1 Å². The highest BCUT2D eigenvalue weighted by Crippen LogP contribution is 2.26.